The van der Waals surface area contributed by atoms with Gasteiger partial charge in [0.05, 0.1) is 24.8 Å². The molecule has 2 rings (SSSR count). The van der Waals surface area contributed by atoms with Crippen LogP contribution in [0.25, 0.3) is 0 Å². The minimum absolute atomic E-state index is 0.0726. The number of likely N-dealkylation sites (tertiary alicyclic amines) is 1. The number of carbonyl (C=O) groups is 1. The minimum atomic E-state index is -3.41. The first-order valence-corrected chi connectivity index (χ1v) is 11.8. The van der Waals surface area contributed by atoms with Gasteiger partial charge in [-0.1, -0.05) is 30.3 Å². The Hall–Kier alpha value is -2.13. The third-order valence-corrected chi connectivity index (χ3v) is 6.01. The largest absolute Gasteiger partial charge is 0.466 e. The van der Waals surface area contributed by atoms with Crippen molar-refractivity contribution in [3.63, 3.8) is 0 Å². The number of sulfonamides is 1. The molecule has 0 spiro atoms. The Kier molecular flexibility index (Phi) is 9.40. The summed E-state index contributed by atoms with van der Waals surface area (Å²) in [6.07, 6.45) is 1.42. The van der Waals surface area contributed by atoms with Gasteiger partial charge in [0.1, 0.15) is 0 Å². The molecule has 0 atom stereocenters. The van der Waals surface area contributed by atoms with Crippen molar-refractivity contribution < 1.29 is 17.9 Å². The molecule has 1 fully saturated rings. The van der Waals surface area contributed by atoms with Crippen molar-refractivity contribution in [3.8, 4) is 0 Å². The van der Waals surface area contributed by atoms with E-state index in [1.54, 1.807) is 0 Å². The van der Waals surface area contributed by atoms with Crippen molar-refractivity contribution >= 4 is 22.0 Å². The lowest BCUT2D eigenvalue weighted by atomic mass is 9.97. The predicted octanol–water partition coefficient (Wildman–Crippen LogP) is 1.35. The Morgan fingerprint density at radius 2 is 1.90 bits per heavy atom. The number of benzene rings is 1. The van der Waals surface area contributed by atoms with Crippen LogP contribution in [-0.2, 0) is 26.1 Å². The molecular weight excluding hydrogens is 392 g/mol. The van der Waals surface area contributed by atoms with E-state index in [0.717, 1.165) is 5.56 Å². The number of ether oxygens (including phenoxy) is 1. The molecule has 1 aliphatic heterocycles. The number of carbonyl (C=O) groups excluding carboxylic acids is 1. The maximum atomic E-state index is 12.2. The normalized spacial score (nSPS) is 15.9. The summed E-state index contributed by atoms with van der Waals surface area (Å²) in [5.74, 6) is 0.406. The number of hydrogen-bond donors (Lipinski definition) is 2. The fraction of sp³-hybridized carbons (Fsp3) is 0.600. The quantitative estimate of drug-likeness (QED) is 0.353. The Morgan fingerprint density at radius 1 is 1.21 bits per heavy atom. The van der Waals surface area contributed by atoms with Crippen molar-refractivity contribution in [1.29, 1.82) is 0 Å². The number of esters is 1. The van der Waals surface area contributed by atoms with Gasteiger partial charge >= 0.3 is 5.97 Å². The standard InChI is InChI=1S/C20H32N4O4S/c1-3-21-20(24-13-10-18(11-14-24)19(25)28-4-2)22-12-15-29(26,27)23-16-17-8-6-5-7-9-17/h5-9,18,23H,3-4,10-16H2,1-2H3,(H,21,22). The van der Waals surface area contributed by atoms with E-state index in [0.29, 0.717) is 45.0 Å². The zero-order chi connectivity index (χ0) is 21.1. The Balaban J connectivity index is 1.84. The van der Waals surface area contributed by atoms with Crippen LogP contribution >= 0.6 is 0 Å². The van der Waals surface area contributed by atoms with Gasteiger partial charge in [-0.25, -0.2) is 13.1 Å². The van der Waals surface area contributed by atoms with E-state index in [2.05, 4.69) is 19.9 Å². The number of nitrogens with one attached hydrogen (secondary N) is 2. The van der Waals surface area contributed by atoms with Gasteiger partial charge in [0.15, 0.2) is 5.96 Å². The zero-order valence-electron chi connectivity index (χ0n) is 17.3. The fourth-order valence-corrected chi connectivity index (χ4v) is 4.01. The smallest absolute Gasteiger partial charge is 0.309 e. The van der Waals surface area contributed by atoms with Gasteiger partial charge in [-0.15, -0.1) is 0 Å². The number of hydrogen-bond acceptors (Lipinski definition) is 5. The van der Waals surface area contributed by atoms with Gasteiger partial charge in [0, 0.05) is 26.2 Å². The maximum Gasteiger partial charge on any atom is 0.309 e. The molecule has 29 heavy (non-hydrogen) atoms. The van der Waals surface area contributed by atoms with Crippen LogP contribution in [0.5, 0.6) is 0 Å². The molecule has 0 aliphatic carbocycles. The summed E-state index contributed by atoms with van der Waals surface area (Å²) in [5, 5.41) is 3.21. The number of rotatable bonds is 9. The van der Waals surface area contributed by atoms with Gasteiger partial charge in [0.2, 0.25) is 10.0 Å². The summed E-state index contributed by atoms with van der Waals surface area (Å²) in [6, 6.07) is 9.40. The molecule has 1 aromatic rings. The lowest BCUT2D eigenvalue weighted by Gasteiger charge is -2.33. The summed E-state index contributed by atoms with van der Waals surface area (Å²) in [4.78, 5) is 18.4. The van der Waals surface area contributed by atoms with Crippen LogP contribution in [-0.4, -0.2) is 63.8 Å². The molecule has 1 aromatic carbocycles. The van der Waals surface area contributed by atoms with Crippen molar-refractivity contribution in [3.05, 3.63) is 35.9 Å². The lowest BCUT2D eigenvalue weighted by molar-refractivity contribution is -0.149. The number of aliphatic imine (C=N–C) groups is 1. The molecule has 0 saturated carbocycles. The third kappa shape index (κ3) is 8.02. The highest BCUT2D eigenvalue weighted by molar-refractivity contribution is 7.89. The molecule has 0 bridgehead atoms. The monoisotopic (exact) mass is 424 g/mol. The number of guanidine groups is 1. The van der Waals surface area contributed by atoms with E-state index in [9.17, 15) is 13.2 Å². The molecule has 8 nitrogen and oxygen atoms in total. The van der Waals surface area contributed by atoms with Crippen LogP contribution in [0, 0.1) is 5.92 Å². The van der Waals surface area contributed by atoms with Crippen LogP contribution in [0.3, 0.4) is 0 Å². The molecule has 0 aromatic heterocycles. The van der Waals surface area contributed by atoms with Crippen LogP contribution < -0.4 is 10.0 Å². The molecule has 1 saturated heterocycles. The van der Waals surface area contributed by atoms with Gasteiger partial charge < -0.3 is 15.0 Å². The van der Waals surface area contributed by atoms with E-state index >= 15 is 0 Å². The second-order valence-corrected chi connectivity index (χ2v) is 8.80. The van der Waals surface area contributed by atoms with E-state index < -0.39 is 10.0 Å². The van der Waals surface area contributed by atoms with Crippen LogP contribution in [0.1, 0.15) is 32.3 Å². The Bertz CT molecular complexity index is 760. The fourth-order valence-electron chi connectivity index (χ4n) is 3.15. The highest BCUT2D eigenvalue weighted by Gasteiger charge is 2.27. The molecule has 1 aliphatic rings. The summed E-state index contributed by atoms with van der Waals surface area (Å²) in [7, 11) is -3.41. The summed E-state index contributed by atoms with van der Waals surface area (Å²) in [5.41, 5.74) is 0.914. The molecular formula is C20H32N4O4S. The molecule has 0 unspecified atom stereocenters. The van der Waals surface area contributed by atoms with Gasteiger partial charge in [-0.3, -0.25) is 9.79 Å². The van der Waals surface area contributed by atoms with Gasteiger partial charge in [-0.05, 0) is 32.3 Å². The topological polar surface area (TPSA) is 100 Å². The SMILES string of the molecule is CCNC(=NCCS(=O)(=O)NCc1ccccc1)N1CCC(C(=O)OCC)CC1. The van der Waals surface area contributed by atoms with Crippen LogP contribution in [0.4, 0.5) is 0 Å². The molecule has 9 heteroatoms. The third-order valence-electron chi connectivity index (χ3n) is 4.71. The van der Waals surface area contributed by atoms with Crippen molar-refractivity contribution in [2.24, 2.45) is 10.9 Å². The molecule has 0 amide bonds. The number of piperidine rings is 1. The Morgan fingerprint density at radius 3 is 2.52 bits per heavy atom. The summed E-state index contributed by atoms with van der Waals surface area (Å²) < 4.78 is 32.2. The van der Waals surface area contributed by atoms with E-state index in [1.165, 1.54) is 0 Å². The molecule has 162 valence electrons. The van der Waals surface area contributed by atoms with E-state index in [-0.39, 0.29) is 30.7 Å². The molecule has 2 N–H and O–H groups in total. The summed E-state index contributed by atoms with van der Waals surface area (Å²) in [6.45, 7) is 6.69. The van der Waals surface area contributed by atoms with Crippen molar-refractivity contribution in [1.82, 2.24) is 14.9 Å². The first kappa shape index (κ1) is 23.2. The average Bonchev–Trinajstić information content (AvgIpc) is 2.73. The van der Waals surface area contributed by atoms with E-state index in [1.807, 2.05) is 44.2 Å². The minimum Gasteiger partial charge on any atom is -0.466 e. The molecule has 0 radical (unpaired) electrons. The first-order valence-electron chi connectivity index (χ1n) is 10.2. The zero-order valence-corrected chi connectivity index (χ0v) is 18.1. The molecule has 1 heterocycles. The number of nitrogens with zero attached hydrogens (tertiary/aromatic N) is 2. The van der Waals surface area contributed by atoms with Crippen molar-refractivity contribution in [2.75, 3.05) is 38.5 Å². The van der Waals surface area contributed by atoms with Crippen molar-refractivity contribution in [2.45, 2.75) is 33.2 Å². The second kappa shape index (κ2) is 11.8. The van der Waals surface area contributed by atoms with Gasteiger partial charge in [0.25, 0.3) is 0 Å². The highest BCUT2D eigenvalue weighted by atomic mass is 32.2. The predicted molar refractivity (Wildman–Crippen MR) is 114 cm³/mol. The summed E-state index contributed by atoms with van der Waals surface area (Å²) >= 11 is 0. The van der Waals surface area contributed by atoms with Crippen LogP contribution in [0.15, 0.2) is 35.3 Å². The Labute approximate surface area is 173 Å². The first-order chi connectivity index (χ1) is 13.9. The van der Waals surface area contributed by atoms with Crippen LogP contribution in [0.2, 0.25) is 0 Å². The second-order valence-electron chi connectivity index (χ2n) is 6.87. The van der Waals surface area contributed by atoms with Gasteiger partial charge in [-0.2, -0.15) is 0 Å². The van der Waals surface area contributed by atoms with E-state index in [4.69, 9.17) is 4.74 Å². The highest BCUT2D eigenvalue weighted by Crippen LogP contribution is 2.18. The maximum absolute atomic E-state index is 12.2. The lowest BCUT2D eigenvalue weighted by Crippen LogP contribution is -2.47. The average molecular weight is 425 g/mol.